The van der Waals surface area contributed by atoms with Crippen molar-refractivity contribution in [3.63, 3.8) is 0 Å². The van der Waals surface area contributed by atoms with Gasteiger partial charge in [-0.25, -0.2) is 9.67 Å². The largest absolute Gasteiger partial charge is 0.485 e. The highest BCUT2D eigenvalue weighted by Gasteiger charge is 2.07. The number of hydrogen-bond acceptors (Lipinski definition) is 4. The monoisotopic (exact) mass is 258 g/mol. The van der Waals surface area contributed by atoms with E-state index in [1.165, 1.54) is 6.33 Å². The molecule has 0 fully saturated rings. The predicted octanol–water partition coefficient (Wildman–Crippen LogP) is 2.19. The molecule has 0 aliphatic rings. The van der Waals surface area contributed by atoms with Gasteiger partial charge in [-0.1, -0.05) is 6.08 Å². The van der Waals surface area contributed by atoms with Crippen molar-refractivity contribution in [2.75, 3.05) is 5.73 Å². The maximum absolute atomic E-state index is 5.80. The third-order valence-corrected chi connectivity index (χ3v) is 2.80. The van der Waals surface area contributed by atoms with Gasteiger partial charge in [-0.15, -0.1) is 6.58 Å². The Hall–Kier alpha value is -2.30. The van der Waals surface area contributed by atoms with Gasteiger partial charge in [0.15, 0.2) is 5.82 Å². The molecule has 2 aromatic rings. The first-order valence-electron chi connectivity index (χ1n) is 6.23. The third kappa shape index (κ3) is 3.13. The van der Waals surface area contributed by atoms with Crippen LogP contribution in [0.2, 0.25) is 0 Å². The summed E-state index contributed by atoms with van der Waals surface area (Å²) < 4.78 is 7.61. The normalized spacial score (nSPS) is 10.4. The summed E-state index contributed by atoms with van der Waals surface area (Å²) >= 11 is 0. The molecule has 0 unspecified atom stereocenters. The lowest BCUT2D eigenvalue weighted by Gasteiger charge is -2.11. The molecule has 2 rings (SSSR count). The maximum atomic E-state index is 5.80. The van der Waals surface area contributed by atoms with Crippen LogP contribution in [0.3, 0.4) is 0 Å². The fraction of sp³-hybridized carbons (Fsp3) is 0.286. The highest BCUT2D eigenvalue weighted by molar-refractivity contribution is 5.48. The fourth-order valence-electron chi connectivity index (χ4n) is 1.86. The van der Waals surface area contributed by atoms with Gasteiger partial charge in [0.25, 0.3) is 0 Å². The van der Waals surface area contributed by atoms with Crippen molar-refractivity contribution in [2.24, 2.45) is 0 Å². The van der Waals surface area contributed by atoms with E-state index in [9.17, 15) is 0 Å². The van der Waals surface area contributed by atoms with Crippen LogP contribution in [0.1, 0.15) is 18.3 Å². The number of ether oxygens (including phenoxy) is 1. The molecule has 1 aromatic heterocycles. The first-order valence-corrected chi connectivity index (χ1v) is 6.23. The number of anilines is 1. The van der Waals surface area contributed by atoms with Crippen molar-refractivity contribution >= 4 is 5.69 Å². The van der Waals surface area contributed by atoms with Gasteiger partial charge in [0, 0.05) is 12.2 Å². The number of nitrogen functional groups attached to an aromatic ring is 1. The number of rotatable bonds is 6. The minimum atomic E-state index is 0.391. The van der Waals surface area contributed by atoms with Gasteiger partial charge < -0.3 is 10.5 Å². The van der Waals surface area contributed by atoms with E-state index in [2.05, 4.69) is 16.7 Å². The van der Waals surface area contributed by atoms with E-state index in [-0.39, 0.29) is 0 Å². The first kappa shape index (κ1) is 13.1. The molecule has 5 nitrogen and oxygen atoms in total. The number of nitrogens with zero attached hydrogens (tertiary/aromatic N) is 3. The summed E-state index contributed by atoms with van der Waals surface area (Å²) in [6.07, 6.45) is 4.09. The number of allylic oxidation sites excluding steroid dienone is 1. The zero-order chi connectivity index (χ0) is 13.7. The molecule has 0 saturated heterocycles. The van der Waals surface area contributed by atoms with Crippen molar-refractivity contribution in [1.82, 2.24) is 14.8 Å². The van der Waals surface area contributed by atoms with E-state index >= 15 is 0 Å². The lowest BCUT2D eigenvalue weighted by molar-refractivity contribution is 0.285. The molecule has 1 aromatic carbocycles. The quantitative estimate of drug-likeness (QED) is 0.637. The first-order chi connectivity index (χ1) is 9.24. The zero-order valence-corrected chi connectivity index (χ0v) is 11.0. The summed E-state index contributed by atoms with van der Waals surface area (Å²) in [6, 6.07) is 5.61. The number of hydrogen-bond donors (Lipinski definition) is 1. The molecule has 0 saturated carbocycles. The van der Waals surface area contributed by atoms with Crippen LogP contribution in [-0.2, 0) is 19.6 Å². The molecule has 0 radical (unpaired) electrons. The Balaban J connectivity index is 2.12. The smallest absolute Gasteiger partial charge is 0.164 e. The molecule has 1 heterocycles. The maximum Gasteiger partial charge on any atom is 0.164 e. The molecule has 100 valence electrons. The average molecular weight is 258 g/mol. The molecular weight excluding hydrogens is 240 g/mol. The minimum Gasteiger partial charge on any atom is -0.485 e. The summed E-state index contributed by atoms with van der Waals surface area (Å²) in [7, 11) is 0. The van der Waals surface area contributed by atoms with Gasteiger partial charge in [0.1, 0.15) is 18.7 Å². The number of aryl methyl sites for hydroxylation is 1. The van der Waals surface area contributed by atoms with Crippen LogP contribution in [0.15, 0.2) is 37.2 Å². The fourth-order valence-corrected chi connectivity index (χ4v) is 1.86. The molecule has 5 heteroatoms. The Bertz CT molecular complexity index is 562. The van der Waals surface area contributed by atoms with E-state index in [1.54, 1.807) is 0 Å². The Labute approximate surface area is 112 Å². The van der Waals surface area contributed by atoms with E-state index in [0.29, 0.717) is 6.61 Å². The number of benzene rings is 1. The Morgan fingerprint density at radius 2 is 2.32 bits per heavy atom. The van der Waals surface area contributed by atoms with Gasteiger partial charge in [0.2, 0.25) is 0 Å². The molecule has 0 spiro atoms. The van der Waals surface area contributed by atoms with Gasteiger partial charge in [-0.05, 0) is 37.1 Å². The molecule has 0 atom stereocenters. The van der Waals surface area contributed by atoms with Crippen LogP contribution >= 0.6 is 0 Å². The predicted molar refractivity (Wildman–Crippen MR) is 74.8 cm³/mol. The van der Waals surface area contributed by atoms with Crippen molar-refractivity contribution in [3.8, 4) is 5.75 Å². The van der Waals surface area contributed by atoms with E-state index in [0.717, 1.165) is 35.8 Å². The van der Waals surface area contributed by atoms with E-state index in [1.807, 2.05) is 35.9 Å². The van der Waals surface area contributed by atoms with Crippen molar-refractivity contribution < 1.29 is 4.74 Å². The lowest BCUT2D eigenvalue weighted by Crippen LogP contribution is -2.08. The van der Waals surface area contributed by atoms with E-state index < -0.39 is 0 Å². The average Bonchev–Trinajstić information content (AvgIpc) is 2.85. The minimum absolute atomic E-state index is 0.391. The van der Waals surface area contributed by atoms with Gasteiger partial charge in [-0.3, -0.25) is 0 Å². The highest BCUT2D eigenvalue weighted by Crippen LogP contribution is 2.23. The van der Waals surface area contributed by atoms with Crippen LogP contribution in [-0.4, -0.2) is 14.8 Å². The summed E-state index contributed by atoms with van der Waals surface area (Å²) in [5.74, 6) is 1.61. The zero-order valence-electron chi connectivity index (χ0n) is 11.0. The summed E-state index contributed by atoms with van der Waals surface area (Å²) in [6.45, 7) is 6.93. The summed E-state index contributed by atoms with van der Waals surface area (Å²) in [5.41, 5.74) is 7.53. The Morgan fingerprint density at radius 1 is 1.47 bits per heavy atom. The molecule has 0 aliphatic carbocycles. The molecule has 19 heavy (non-hydrogen) atoms. The Morgan fingerprint density at radius 3 is 3.05 bits per heavy atom. The topological polar surface area (TPSA) is 66.0 Å². The Kier molecular flexibility index (Phi) is 4.18. The highest BCUT2D eigenvalue weighted by atomic mass is 16.5. The second kappa shape index (κ2) is 6.04. The van der Waals surface area contributed by atoms with Gasteiger partial charge >= 0.3 is 0 Å². The van der Waals surface area contributed by atoms with Crippen molar-refractivity contribution in [2.45, 2.75) is 26.5 Å². The van der Waals surface area contributed by atoms with Crippen LogP contribution in [0.4, 0.5) is 5.69 Å². The SMILES string of the molecule is C=CCc1cc(N)ccc1OCc1ncnn1CC. The molecule has 0 amide bonds. The van der Waals surface area contributed by atoms with Crippen LogP contribution in [0, 0.1) is 0 Å². The second-order valence-corrected chi connectivity index (χ2v) is 4.14. The van der Waals surface area contributed by atoms with Crippen LogP contribution in [0.25, 0.3) is 0 Å². The van der Waals surface area contributed by atoms with Crippen LogP contribution in [0.5, 0.6) is 5.75 Å². The molecule has 2 N–H and O–H groups in total. The molecule has 0 aliphatic heterocycles. The third-order valence-electron chi connectivity index (χ3n) is 2.80. The second-order valence-electron chi connectivity index (χ2n) is 4.14. The number of aromatic nitrogens is 3. The molecular formula is C14H18N4O. The standard InChI is InChI=1S/C14H18N4O/c1-3-5-11-8-12(15)6-7-13(11)19-9-14-16-10-17-18(14)4-2/h3,6-8,10H,1,4-5,9,15H2,2H3. The molecule has 0 bridgehead atoms. The lowest BCUT2D eigenvalue weighted by atomic mass is 10.1. The van der Waals surface area contributed by atoms with Gasteiger partial charge in [0.05, 0.1) is 0 Å². The van der Waals surface area contributed by atoms with Crippen molar-refractivity contribution in [3.05, 3.63) is 48.6 Å². The number of nitrogens with two attached hydrogens (primary N) is 1. The van der Waals surface area contributed by atoms with E-state index in [4.69, 9.17) is 10.5 Å². The van der Waals surface area contributed by atoms with Crippen LogP contribution < -0.4 is 10.5 Å². The van der Waals surface area contributed by atoms with Crippen molar-refractivity contribution in [1.29, 1.82) is 0 Å². The summed E-state index contributed by atoms with van der Waals surface area (Å²) in [4.78, 5) is 4.18. The summed E-state index contributed by atoms with van der Waals surface area (Å²) in [5, 5.41) is 4.11. The van der Waals surface area contributed by atoms with Gasteiger partial charge in [-0.2, -0.15) is 5.10 Å².